The second-order valence-electron chi connectivity index (χ2n) is 6.33. The molecule has 1 heterocycles. The minimum absolute atomic E-state index is 0.143. The van der Waals surface area contributed by atoms with Crippen molar-refractivity contribution < 1.29 is 34.8 Å². The molecule has 0 fully saturated rings. The smallest absolute Gasteiger partial charge is 0.240 e. The zero-order valence-corrected chi connectivity index (χ0v) is 16.2. The molecule has 0 saturated carbocycles. The number of sulfonamides is 1. The van der Waals surface area contributed by atoms with Crippen LogP contribution in [0, 0.1) is 0 Å². The van der Waals surface area contributed by atoms with Crippen molar-refractivity contribution in [2.24, 2.45) is 0 Å². The highest BCUT2D eigenvalue weighted by atomic mass is 32.2. The molecule has 5 nitrogen and oxygen atoms in total. The van der Waals surface area contributed by atoms with E-state index in [2.05, 4.69) is 9.97 Å². The van der Waals surface area contributed by atoms with Crippen LogP contribution in [0.5, 0.6) is 0 Å². The highest BCUT2D eigenvalue weighted by Crippen LogP contribution is 2.37. The third kappa shape index (κ3) is 5.58. The highest BCUT2D eigenvalue weighted by Gasteiger charge is 2.38. The number of rotatable bonds is 5. The summed E-state index contributed by atoms with van der Waals surface area (Å²) in [5, 5.41) is 0. The molecular weight excluding hydrogens is 448 g/mol. The summed E-state index contributed by atoms with van der Waals surface area (Å²) in [5.41, 5.74) is -2.11. The lowest BCUT2D eigenvalue weighted by molar-refractivity contribution is -0.143. The van der Waals surface area contributed by atoms with Gasteiger partial charge in [0, 0.05) is 5.56 Å². The molecule has 2 aromatic carbocycles. The molecule has 1 aromatic heterocycles. The van der Waals surface area contributed by atoms with E-state index in [0.717, 1.165) is 6.33 Å². The van der Waals surface area contributed by atoms with Crippen LogP contribution in [-0.2, 0) is 28.9 Å². The lowest BCUT2D eigenvalue weighted by Gasteiger charge is -2.15. The standard InChI is InChI=1S/C19H13F6N3O2S/c20-18(21,22)13-6-14(19(23,24)25)8-16(7-13)31(29,30)28-10-15-9-17(27-11-26-15)12-4-2-1-3-5-12/h1-9,11,28H,10H2. The normalized spacial score (nSPS) is 12.7. The van der Waals surface area contributed by atoms with Crippen LogP contribution in [0.15, 0.2) is 65.8 Å². The largest absolute Gasteiger partial charge is 0.416 e. The van der Waals surface area contributed by atoms with Crippen molar-refractivity contribution in [2.45, 2.75) is 23.8 Å². The first-order valence-corrected chi connectivity index (χ1v) is 10.00. The van der Waals surface area contributed by atoms with Gasteiger partial charge in [-0.05, 0) is 24.3 Å². The maximum absolute atomic E-state index is 13.0. The summed E-state index contributed by atoms with van der Waals surface area (Å²) in [7, 11) is -4.71. The van der Waals surface area contributed by atoms with E-state index in [1.807, 2.05) is 4.72 Å². The molecule has 0 spiro atoms. The molecule has 0 saturated heterocycles. The molecule has 31 heavy (non-hydrogen) atoms. The summed E-state index contributed by atoms with van der Waals surface area (Å²) >= 11 is 0. The Morgan fingerprint density at radius 1 is 0.806 bits per heavy atom. The molecule has 3 aromatic rings. The number of alkyl halides is 6. The molecule has 3 rings (SSSR count). The number of hydrogen-bond acceptors (Lipinski definition) is 4. The van der Waals surface area contributed by atoms with Crippen molar-refractivity contribution in [3.8, 4) is 11.3 Å². The molecule has 164 valence electrons. The summed E-state index contributed by atoms with van der Waals surface area (Å²) in [4.78, 5) is 6.77. The van der Waals surface area contributed by atoms with Crippen molar-refractivity contribution in [3.63, 3.8) is 0 Å². The molecule has 0 atom stereocenters. The van der Waals surface area contributed by atoms with Crippen LogP contribution >= 0.6 is 0 Å². The van der Waals surface area contributed by atoms with Gasteiger partial charge in [0.25, 0.3) is 0 Å². The van der Waals surface area contributed by atoms with Crippen LogP contribution in [-0.4, -0.2) is 18.4 Å². The van der Waals surface area contributed by atoms with E-state index in [1.165, 1.54) is 6.07 Å². The number of aromatic nitrogens is 2. The van der Waals surface area contributed by atoms with Gasteiger partial charge in [-0.2, -0.15) is 26.3 Å². The summed E-state index contributed by atoms with van der Waals surface area (Å²) in [6.45, 7) is -0.470. The predicted molar refractivity (Wildman–Crippen MR) is 97.9 cm³/mol. The van der Waals surface area contributed by atoms with E-state index in [1.54, 1.807) is 30.3 Å². The number of nitrogens with zero attached hydrogens (tertiary/aromatic N) is 2. The third-order valence-corrected chi connectivity index (χ3v) is 5.49. The molecule has 1 N–H and O–H groups in total. The molecule has 0 amide bonds. The molecule has 0 bridgehead atoms. The van der Waals surface area contributed by atoms with Gasteiger partial charge in [0.15, 0.2) is 0 Å². The maximum atomic E-state index is 13.0. The van der Waals surface area contributed by atoms with Gasteiger partial charge in [-0.15, -0.1) is 0 Å². The Morgan fingerprint density at radius 3 is 1.94 bits per heavy atom. The average molecular weight is 461 g/mol. The predicted octanol–water partition coefficient (Wildman–Crippen LogP) is 4.66. The molecule has 12 heteroatoms. The van der Waals surface area contributed by atoms with Gasteiger partial charge in [0.1, 0.15) is 6.33 Å². The first kappa shape index (κ1) is 22.7. The van der Waals surface area contributed by atoms with E-state index in [-0.39, 0.29) is 23.9 Å². The van der Waals surface area contributed by atoms with E-state index in [4.69, 9.17) is 0 Å². The SMILES string of the molecule is O=S(=O)(NCc1cc(-c2ccccc2)ncn1)c1cc(C(F)(F)F)cc(C(F)(F)F)c1. The molecule has 0 aliphatic carbocycles. The van der Waals surface area contributed by atoms with Crippen LogP contribution in [0.25, 0.3) is 11.3 Å². The van der Waals surface area contributed by atoms with Crippen molar-refractivity contribution in [2.75, 3.05) is 0 Å². The fourth-order valence-electron chi connectivity index (χ4n) is 2.59. The lowest BCUT2D eigenvalue weighted by Crippen LogP contribution is -2.25. The van der Waals surface area contributed by atoms with Crippen LogP contribution in [0.2, 0.25) is 0 Å². The quantitative estimate of drug-likeness (QED) is 0.561. The Kier molecular flexibility index (Phi) is 6.05. The Balaban J connectivity index is 1.89. The fourth-order valence-corrected chi connectivity index (χ4v) is 3.66. The Hall–Kier alpha value is -2.99. The summed E-state index contributed by atoms with van der Waals surface area (Å²) < 4.78 is 105. The lowest BCUT2D eigenvalue weighted by atomic mass is 10.1. The number of hydrogen-bond donors (Lipinski definition) is 1. The van der Waals surface area contributed by atoms with Gasteiger partial charge in [-0.1, -0.05) is 30.3 Å². The van der Waals surface area contributed by atoms with Gasteiger partial charge in [0.05, 0.1) is 34.0 Å². The fraction of sp³-hybridized carbons (Fsp3) is 0.158. The van der Waals surface area contributed by atoms with Gasteiger partial charge in [-0.3, -0.25) is 0 Å². The van der Waals surface area contributed by atoms with Crippen molar-refractivity contribution in [3.05, 3.63) is 77.7 Å². The van der Waals surface area contributed by atoms with E-state index in [9.17, 15) is 34.8 Å². The summed E-state index contributed by atoms with van der Waals surface area (Å²) in [6, 6.07) is 10.4. The minimum Gasteiger partial charge on any atom is -0.240 e. The van der Waals surface area contributed by atoms with E-state index < -0.39 is 44.9 Å². The zero-order chi connectivity index (χ0) is 22.9. The highest BCUT2D eigenvalue weighted by molar-refractivity contribution is 7.89. The second kappa shape index (κ2) is 8.27. The topological polar surface area (TPSA) is 72.0 Å². The van der Waals surface area contributed by atoms with Crippen LogP contribution < -0.4 is 4.72 Å². The molecule has 0 aliphatic rings. The van der Waals surface area contributed by atoms with E-state index in [0.29, 0.717) is 11.3 Å². The van der Waals surface area contributed by atoms with Gasteiger partial charge in [-0.25, -0.2) is 23.1 Å². The Bertz CT molecular complexity index is 1150. The van der Waals surface area contributed by atoms with Crippen molar-refractivity contribution in [1.29, 1.82) is 0 Å². The van der Waals surface area contributed by atoms with Crippen LogP contribution in [0.3, 0.4) is 0 Å². The maximum Gasteiger partial charge on any atom is 0.416 e. The minimum atomic E-state index is -5.16. The van der Waals surface area contributed by atoms with Gasteiger partial charge in [0.2, 0.25) is 10.0 Å². The Labute approximate surface area is 172 Å². The zero-order valence-electron chi connectivity index (χ0n) is 15.4. The third-order valence-electron chi connectivity index (χ3n) is 4.11. The van der Waals surface area contributed by atoms with Crippen molar-refractivity contribution in [1.82, 2.24) is 14.7 Å². The van der Waals surface area contributed by atoms with Gasteiger partial charge >= 0.3 is 12.4 Å². The second-order valence-corrected chi connectivity index (χ2v) is 8.09. The molecule has 0 aliphatic heterocycles. The number of halogens is 6. The van der Waals surface area contributed by atoms with E-state index >= 15 is 0 Å². The number of nitrogens with one attached hydrogen (secondary N) is 1. The number of benzene rings is 2. The molecular formula is C19H13F6N3O2S. The van der Waals surface area contributed by atoms with Crippen LogP contribution in [0.1, 0.15) is 16.8 Å². The first-order chi connectivity index (χ1) is 14.4. The van der Waals surface area contributed by atoms with Crippen molar-refractivity contribution >= 4 is 10.0 Å². The monoisotopic (exact) mass is 461 g/mol. The Morgan fingerprint density at radius 2 is 1.39 bits per heavy atom. The average Bonchev–Trinajstić information content (AvgIpc) is 2.72. The first-order valence-electron chi connectivity index (χ1n) is 8.52. The molecule has 0 radical (unpaired) electrons. The molecule has 0 unspecified atom stereocenters. The van der Waals surface area contributed by atoms with Crippen LogP contribution in [0.4, 0.5) is 26.3 Å². The summed E-state index contributed by atoms with van der Waals surface area (Å²) in [5.74, 6) is 0. The summed E-state index contributed by atoms with van der Waals surface area (Å²) in [6.07, 6.45) is -9.16. The van der Waals surface area contributed by atoms with Gasteiger partial charge < -0.3 is 0 Å².